The zero-order valence-corrected chi connectivity index (χ0v) is 15.9. The van der Waals surface area contributed by atoms with Crippen molar-refractivity contribution in [2.45, 2.75) is 32.2 Å². The number of hydrogen-bond acceptors (Lipinski definition) is 5. The average molecular weight is 377 g/mol. The number of hydrogen-bond donors (Lipinski definition) is 0. The van der Waals surface area contributed by atoms with Crippen molar-refractivity contribution in [2.75, 3.05) is 19.6 Å². The highest BCUT2D eigenvalue weighted by Crippen LogP contribution is 2.32. The van der Waals surface area contributed by atoms with Crippen molar-refractivity contribution < 1.29 is 4.52 Å². The average Bonchev–Trinajstić information content (AvgIpc) is 3.32. The lowest BCUT2D eigenvalue weighted by molar-refractivity contribution is 0.202. The standard InChI is InChI=1S/C21H23N5O2/c1-15-14-22-26-13-12-25(21(27)20(15)26)11-10-24-8-6-16(7-9-24)19-17-4-2-3-5-18(17)28-23-19/h2-5,12-14,16H,6-11H2,1H3. The first-order chi connectivity index (χ1) is 13.7. The Hall–Kier alpha value is -2.93. The molecule has 7 heteroatoms. The molecule has 0 atom stereocenters. The normalized spacial score (nSPS) is 16.3. The maximum Gasteiger partial charge on any atom is 0.276 e. The van der Waals surface area contributed by atoms with Gasteiger partial charge in [0.2, 0.25) is 0 Å². The van der Waals surface area contributed by atoms with Gasteiger partial charge in [-0.1, -0.05) is 17.3 Å². The number of fused-ring (bicyclic) bond motifs is 2. The predicted octanol–water partition coefficient (Wildman–Crippen LogP) is 2.83. The van der Waals surface area contributed by atoms with Crippen molar-refractivity contribution in [3.05, 3.63) is 64.5 Å². The van der Waals surface area contributed by atoms with E-state index in [1.807, 2.05) is 37.5 Å². The van der Waals surface area contributed by atoms with Gasteiger partial charge in [0.05, 0.1) is 11.9 Å². The van der Waals surface area contributed by atoms with E-state index in [0.717, 1.165) is 54.7 Å². The molecule has 4 aromatic rings. The maximum atomic E-state index is 12.7. The largest absolute Gasteiger partial charge is 0.356 e. The van der Waals surface area contributed by atoms with Crippen LogP contribution in [0.5, 0.6) is 0 Å². The number of piperidine rings is 1. The van der Waals surface area contributed by atoms with Crippen molar-refractivity contribution in [3.8, 4) is 0 Å². The number of rotatable bonds is 4. The van der Waals surface area contributed by atoms with Crippen LogP contribution in [0, 0.1) is 6.92 Å². The maximum absolute atomic E-state index is 12.7. The van der Waals surface area contributed by atoms with Gasteiger partial charge in [0.15, 0.2) is 5.58 Å². The summed E-state index contributed by atoms with van der Waals surface area (Å²) in [5.74, 6) is 0.438. The molecule has 1 aromatic carbocycles. The van der Waals surface area contributed by atoms with Gasteiger partial charge in [0, 0.05) is 42.4 Å². The highest BCUT2D eigenvalue weighted by molar-refractivity contribution is 5.79. The Morgan fingerprint density at radius 3 is 2.82 bits per heavy atom. The van der Waals surface area contributed by atoms with E-state index in [-0.39, 0.29) is 5.56 Å². The predicted molar refractivity (Wildman–Crippen MR) is 107 cm³/mol. The first-order valence-electron chi connectivity index (χ1n) is 9.81. The fourth-order valence-electron chi connectivity index (χ4n) is 4.23. The molecule has 0 saturated carbocycles. The Labute approximate surface area is 162 Å². The number of aryl methyl sites for hydroxylation is 1. The molecule has 1 aliphatic heterocycles. The summed E-state index contributed by atoms with van der Waals surface area (Å²) in [5, 5.41) is 9.67. The van der Waals surface area contributed by atoms with Gasteiger partial charge in [0.25, 0.3) is 5.56 Å². The molecule has 4 heterocycles. The second-order valence-corrected chi connectivity index (χ2v) is 7.60. The lowest BCUT2D eigenvalue weighted by Gasteiger charge is -2.31. The molecule has 0 aliphatic carbocycles. The van der Waals surface area contributed by atoms with Gasteiger partial charge in [-0.25, -0.2) is 4.52 Å². The smallest absolute Gasteiger partial charge is 0.276 e. The number of likely N-dealkylation sites (tertiary alicyclic amines) is 1. The highest BCUT2D eigenvalue weighted by atomic mass is 16.5. The Bertz CT molecular complexity index is 1180. The molecule has 1 aliphatic rings. The van der Waals surface area contributed by atoms with Crippen LogP contribution in [-0.4, -0.2) is 43.9 Å². The van der Waals surface area contributed by atoms with Gasteiger partial charge < -0.3 is 14.0 Å². The summed E-state index contributed by atoms with van der Waals surface area (Å²) < 4.78 is 8.92. The Kier molecular flexibility index (Phi) is 4.24. The molecular formula is C21H23N5O2. The number of benzene rings is 1. The second kappa shape index (κ2) is 6.91. The molecule has 0 amide bonds. The van der Waals surface area contributed by atoms with E-state index < -0.39 is 0 Å². The fraction of sp³-hybridized carbons (Fsp3) is 0.381. The minimum atomic E-state index is 0.0291. The molecule has 0 N–H and O–H groups in total. The third-order valence-corrected chi connectivity index (χ3v) is 5.87. The number of para-hydroxylation sites is 1. The van der Waals surface area contributed by atoms with Crippen LogP contribution < -0.4 is 5.56 Å². The molecule has 1 fully saturated rings. The summed E-state index contributed by atoms with van der Waals surface area (Å²) >= 11 is 0. The third kappa shape index (κ3) is 2.92. The van der Waals surface area contributed by atoms with Gasteiger partial charge in [-0.3, -0.25) is 4.79 Å². The molecule has 28 heavy (non-hydrogen) atoms. The molecule has 5 rings (SSSR count). The van der Waals surface area contributed by atoms with Crippen LogP contribution in [0.15, 0.2) is 52.2 Å². The first kappa shape index (κ1) is 17.2. The molecule has 0 radical (unpaired) electrons. The van der Waals surface area contributed by atoms with Crippen molar-refractivity contribution in [3.63, 3.8) is 0 Å². The highest BCUT2D eigenvalue weighted by Gasteiger charge is 2.24. The molecule has 144 valence electrons. The minimum absolute atomic E-state index is 0.0291. The van der Waals surface area contributed by atoms with Gasteiger partial charge >= 0.3 is 0 Å². The fourth-order valence-corrected chi connectivity index (χ4v) is 4.23. The number of aromatic nitrogens is 4. The SMILES string of the molecule is Cc1cnn2ccn(CCN3CCC(c4noc5ccccc45)CC3)c(=O)c12. The second-order valence-electron chi connectivity index (χ2n) is 7.60. The topological polar surface area (TPSA) is 68.6 Å². The Morgan fingerprint density at radius 1 is 1.14 bits per heavy atom. The van der Waals surface area contributed by atoms with E-state index >= 15 is 0 Å². The van der Waals surface area contributed by atoms with Crippen LogP contribution in [0.25, 0.3) is 16.5 Å². The molecule has 7 nitrogen and oxygen atoms in total. The lowest BCUT2D eigenvalue weighted by atomic mass is 9.91. The summed E-state index contributed by atoms with van der Waals surface area (Å²) in [7, 11) is 0. The van der Waals surface area contributed by atoms with Crippen LogP contribution in [0.4, 0.5) is 0 Å². The summed E-state index contributed by atoms with van der Waals surface area (Å²) in [5.41, 5.74) is 3.57. The lowest BCUT2D eigenvalue weighted by Crippen LogP contribution is -2.37. The number of nitrogens with zero attached hydrogens (tertiary/aromatic N) is 5. The van der Waals surface area contributed by atoms with E-state index in [1.54, 1.807) is 15.3 Å². The van der Waals surface area contributed by atoms with Crippen LogP contribution >= 0.6 is 0 Å². The van der Waals surface area contributed by atoms with E-state index in [1.165, 1.54) is 0 Å². The summed E-state index contributed by atoms with van der Waals surface area (Å²) in [6.07, 6.45) is 7.54. The van der Waals surface area contributed by atoms with Crippen LogP contribution in [0.2, 0.25) is 0 Å². The Balaban J connectivity index is 1.24. The van der Waals surface area contributed by atoms with Crippen molar-refractivity contribution in [1.29, 1.82) is 0 Å². The molecular weight excluding hydrogens is 354 g/mol. The molecule has 0 spiro atoms. The van der Waals surface area contributed by atoms with Gasteiger partial charge in [-0.05, 0) is 45.0 Å². The van der Waals surface area contributed by atoms with Crippen molar-refractivity contribution in [2.24, 2.45) is 0 Å². The van der Waals surface area contributed by atoms with Gasteiger partial charge in [-0.2, -0.15) is 5.10 Å². The third-order valence-electron chi connectivity index (χ3n) is 5.87. The van der Waals surface area contributed by atoms with E-state index in [9.17, 15) is 4.79 Å². The molecule has 0 bridgehead atoms. The monoisotopic (exact) mass is 377 g/mol. The minimum Gasteiger partial charge on any atom is -0.356 e. The molecule has 1 saturated heterocycles. The Morgan fingerprint density at radius 2 is 1.96 bits per heavy atom. The van der Waals surface area contributed by atoms with E-state index in [4.69, 9.17) is 4.52 Å². The molecule has 3 aromatic heterocycles. The first-order valence-corrected chi connectivity index (χ1v) is 9.81. The van der Waals surface area contributed by atoms with Crippen LogP contribution in [0.1, 0.15) is 30.0 Å². The molecule has 0 unspecified atom stereocenters. The summed E-state index contributed by atoms with van der Waals surface area (Å²) in [6.45, 7) is 5.50. The quantitative estimate of drug-likeness (QED) is 0.547. The zero-order valence-electron chi connectivity index (χ0n) is 15.9. The summed E-state index contributed by atoms with van der Waals surface area (Å²) in [4.78, 5) is 15.1. The van der Waals surface area contributed by atoms with Crippen LogP contribution in [0.3, 0.4) is 0 Å². The van der Waals surface area contributed by atoms with Crippen molar-refractivity contribution >= 4 is 16.5 Å². The summed E-state index contributed by atoms with van der Waals surface area (Å²) in [6, 6.07) is 8.08. The van der Waals surface area contributed by atoms with Gasteiger partial charge in [-0.15, -0.1) is 0 Å². The zero-order chi connectivity index (χ0) is 19.1. The van der Waals surface area contributed by atoms with Crippen molar-refractivity contribution in [1.82, 2.24) is 24.2 Å². The van der Waals surface area contributed by atoms with E-state index in [0.29, 0.717) is 18.0 Å². The van der Waals surface area contributed by atoms with E-state index in [2.05, 4.69) is 21.2 Å². The van der Waals surface area contributed by atoms with Gasteiger partial charge in [0.1, 0.15) is 5.52 Å². The van der Waals surface area contributed by atoms with Crippen LogP contribution in [-0.2, 0) is 6.54 Å².